The van der Waals surface area contributed by atoms with E-state index in [0.717, 1.165) is 58.4 Å². The molecular formula is C18H35N3O2. The molecule has 0 unspecified atom stereocenters. The number of carbonyl (C=O) groups is 1. The molecule has 2 fully saturated rings. The summed E-state index contributed by atoms with van der Waals surface area (Å²) in [5.41, 5.74) is 0. The Hall–Kier alpha value is -0.650. The molecular weight excluding hydrogens is 290 g/mol. The van der Waals surface area contributed by atoms with Crippen molar-refractivity contribution in [3.05, 3.63) is 0 Å². The van der Waals surface area contributed by atoms with E-state index in [-0.39, 0.29) is 12.0 Å². The number of aliphatic hydroxyl groups is 1. The molecule has 2 N–H and O–H groups in total. The minimum atomic E-state index is -0.102. The Morgan fingerprint density at radius 1 is 0.913 bits per heavy atom. The van der Waals surface area contributed by atoms with Gasteiger partial charge in [-0.3, -0.25) is 4.79 Å². The van der Waals surface area contributed by atoms with Gasteiger partial charge in [0, 0.05) is 26.1 Å². The van der Waals surface area contributed by atoms with Gasteiger partial charge in [0.2, 0.25) is 5.91 Å². The number of amides is 1. The first kappa shape index (κ1) is 18.7. The summed E-state index contributed by atoms with van der Waals surface area (Å²) >= 11 is 0. The van der Waals surface area contributed by atoms with E-state index in [9.17, 15) is 9.90 Å². The van der Waals surface area contributed by atoms with E-state index >= 15 is 0 Å². The van der Waals surface area contributed by atoms with Crippen LogP contribution in [0.4, 0.5) is 0 Å². The Morgan fingerprint density at radius 2 is 1.52 bits per heavy atom. The fourth-order valence-corrected chi connectivity index (χ4v) is 3.58. The zero-order valence-corrected chi connectivity index (χ0v) is 14.6. The predicted molar refractivity (Wildman–Crippen MR) is 93.4 cm³/mol. The molecule has 5 nitrogen and oxygen atoms in total. The summed E-state index contributed by atoms with van der Waals surface area (Å²) in [6.45, 7) is 7.29. The molecule has 0 atom stereocenters. The van der Waals surface area contributed by atoms with Gasteiger partial charge in [-0.05, 0) is 64.7 Å². The second-order valence-electron chi connectivity index (χ2n) is 7.14. The summed E-state index contributed by atoms with van der Waals surface area (Å²) in [4.78, 5) is 16.8. The molecule has 0 saturated carbocycles. The summed E-state index contributed by atoms with van der Waals surface area (Å²) in [6, 6.07) is 0. The molecule has 23 heavy (non-hydrogen) atoms. The quantitative estimate of drug-likeness (QED) is 0.666. The number of rotatable bonds is 8. The largest absolute Gasteiger partial charge is 0.393 e. The highest BCUT2D eigenvalue weighted by molar-refractivity contribution is 5.75. The Balaban J connectivity index is 1.43. The summed E-state index contributed by atoms with van der Waals surface area (Å²) in [7, 11) is 0. The van der Waals surface area contributed by atoms with E-state index in [1.54, 1.807) is 0 Å². The summed E-state index contributed by atoms with van der Waals surface area (Å²) in [6.07, 6.45) is 9.71. The van der Waals surface area contributed by atoms with Crippen LogP contribution in [0, 0.1) is 0 Å². The van der Waals surface area contributed by atoms with Crippen LogP contribution in [0.1, 0.15) is 57.8 Å². The van der Waals surface area contributed by atoms with Gasteiger partial charge in [0.1, 0.15) is 0 Å². The maximum absolute atomic E-state index is 11.9. The average molecular weight is 325 g/mol. The SMILES string of the molecule is O=C(CCCN1CCCCCC1)NCCCN1CCC(O)CC1. The molecule has 0 aromatic rings. The lowest BCUT2D eigenvalue weighted by atomic mass is 10.1. The molecule has 2 aliphatic heterocycles. The van der Waals surface area contributed by atoms with E-state index in [4.69, 9.17) is 0 Å². The fraction of sp³-hybridized carbons (Fsp3) is 0.944. The van der Waals surface area contributed by atoms with Gasteiger partial charge in [-0.15, -0.1) is 0 Å². The predicted octanol–water partition coefficient (Wildman–Crippen LogP) is 1.61. The van der Waals surface area contributed by atoms with Crippen LogP contribution in [-0.4, -0.2) is 72.7 Å². The number of likely N-dealkylation sites (tertiary alicyclic amines) is 2. The molecule has 2 rings (SSSR count). The summed E-state index contributed by atoms with van der Waals surface area (Å²) < 4.78 is 0. The fourth-order valence-electron chi connectivity index (χ4n) is 3.58. The molecule has 0 aliphatic carbocycles. The highest BCUT2D eigenvalue weighted by Gasteiger charge is 2.16. The van der Waals surface area contributed by atoms with Gasteiger partial charge in [-0.2, -0.15) is 0 Å². The molecule has 5 heteroatoms. The highest BCUT2D eigenvalue weighted by Crippen LogP contribution is 2.11. The monoisotopic (exact) mass is 325 g/mol. The van der Waals surface area contributed by atoms with E-state index in [1.807, 2.05) is 0 Å². The lowest BCUT2D eigenvalue weighted by molar-refractivity contribution is -0.121. The Morgan fingerprint density at radius 3 is 2.22 bits per heavy atom. The maximum Gasteiger partial charge on any atom is 0.220 e. The van der Waals surface area contributed by atoms with Gasteiger partial charge < -0.3 is 20.2 Å². The van der Waals surface area contributed by atoms with E-state index < -0.39 is 0 Å². The molecule has 0 aromatic heterocycles. The molecule has 0 aromatic carbocycles. The topological polar surface area (TPSA) is 55.8 Å². The van der Waals surface area contributed by atoms with Gasteiger partial charge in [-0.1, -0.05) is 12.8 Å². The second-order valence-corrected chi connectivity index (χ2v) is 7.14. The first-order chi connectivity index (χ1) is 11.2. The van der Waals surface area contributed by atoms with Crippen molar-refractivity contribution in [1.82, 2.24) is 15.1 Å². The van der Waals surface area contributed by atoms with Crippen molar-refractivity contribution in [3.63, 3.8) is 0 Å². The molecule has 2 heterocycles. The number of carbonyl (C=O) groups excluding carboxylic acids is 1. The van der Waals surface area contributed by atoms with Crippen molar-refractivity contribution in [2.45, 2.75) is 63.9 Å². The third-order valence-corrected chi connectivity index (χ3v) is 5.11. The first-order valence-electron chi connectivity index (χ1n) is 9.63. The van der Waals surface area contributed by atoms with Gasteiger partial charge in [0.15, 0.2) is 0 Å². The number of aliphatic hydroxyl groups excluding tert-OH is 1. The number of nitrogens with one attached hydrogen (secondary N) is 1. The zero-order valence-electron chi connectivity index (χ0n) is 14.6. The molecule has 0 spiro atoms. The molecule has 134 valence electrons. The van der Waals surface area contributed by atoms with Crippen molar-refractivity contribution in [2.75, 3.05) is 45.8 Å². The van der Waals surface area contributed by atoms with Crippen LogP contribution >= 0.6 is 0 Å². The Kier molecular flexibility index (Phi) is 8.94. The number of hydrogen-bond acceptors (Lipinski definition) is 4. The van der Waals surface area contributed by atoms with Gasteiger partial charge in [0.05, 0.1) is 6.10 Å². The van der Waals surface area contributed by atoms with Crippen LogP contribution in [0.3, 0.4) is 0 Å². The van der Waals surface area contributed by atoms with E-state index in [1.165, 1.54) is 38.8 Å². The van der Waals surface area contributed by atoms with Gasteiger partial charge in [0.25, 0.3) is 0 Å². The van der Waals surface area contributed by atoms with Crippen LogP contribution in [0.2, 0.25) is 0 Å². The number of hydrogen-bond donors (Lipinski definition) is 2. The van der Waals surface area contributed by atoms with Crippen LogP contribution in [0.25, 0.3) is 0 Å². The van der Waals surface area contributed by atoms with Crippen LogP contribution in [-0.2, 0) is 4.79 Å². The van der Waals surface area contributed by atoms with Crippen molar-refractivity contribution in [1.29, 1.82) is 0 Å². The lowest BCUT2D eigenvalue weighted by Crippen LogP contribution is -2.37. The summed E-state index contributed by atoms with van der Waals surface area (Å²) in [5.74, 6) is 0.203. The molecule has 1 amide bonds. The highest BCUT2D eigenvalue weighted by atomic mass is 16.3. The zero-order chi connectivity index (χ0) is 16.3. The van der Waals surface area contributed by atoms with Crippen molar-refractivity contribution in [2.24, 2.45) is 0 Å². The molecule has 2 aliphatic rings. The standard InChI is InChI=1S/C18H35N3O2/c22-17-8-15-21(16-9-17)14-6-10-19-18(23)7-5-13-20-11-3-1-2-4-12-20/h17,22H,1-16H2,(H,19,23). The van der Waals surface area contributed by atoms with Crippen molar-refractivity contribution < 1.29 is 9.90 Å². The first-order valence-corrected chi connectivity index (χ1v) is 9.63. The summed E-state index contributed by atoms with van der Waals surface area (Å²) in [5, 5.41) is 12.5. The normalized spacial score (nSPS) is 22.0. The molecule has 0 bridgehead atoms. The second kappa shape index (κ2) is 11.0. The van der Waals surface area contributed by atoms with Crippen molar-refractivity contribution >= 4 is 5.91 Å². The average Bonchev–Trinajstić information content (AvgIpc) is 2.82. The number of nitrogens with zero attached hydrogens (tertiary/aromatic N) is 2. The van der Waals surface area contributed by atoms with Crippen LogP contribution in [0.15, 0.2) is 0 Å². The molecule has 0 radical (unpaired) electrons. The van der Waals surface area contributed by atoms with Crippen LogP contribution in [0.5, 0.6) is 0 Å². The van der Waals surface area contributed by atoms with Gasteiger partial charge in [-0.25, -0.2) is 0 Å². The Labute approximate surface area is 141 Å². The minimum Gasteiger partial charge on any atom is -0.393 e. The number of piperidine rings is 1. The third-order valence-electron chi connectivity index (χ3n) is 5.11. The minimum absolute atomic E-state index is 0.102. The molecule has 2 saturated heterocycles. The van der Waals surface area contributed by atoms with E-state index in [2.05, 4.69) is 15.1 Å². The Bertz CT molecular complexity index is 322. The lowest BCUT2D eigenvalue weighted by Gasteiger charge is -2.29. The van der Waals surface area contributed by atoms with Crippen molar-refractivity contribution in [3.8, 4) is 0 Å². The van der Waals surface area contributed by atoms with Gasteiger partial charge >= 0.3 is 0 Å². The van der Waals surface area contributed by atoms with Crippen LogP contribution < -0.4 is 5.32 Å². The maximum atomic E-state index is 11.9. The third kappa shape index (κ3) is 8.13. The smallest absolute Gasteiger partial charge is 0.220 e. The van der Waals surface area contributed by atoms with E-state index in [0.29, 0.717) is 6.42 Å².